The van der Waals surface area contributed by atoms with Crippen LogP contribution in [0.1, 0.15) is 38.7 Å². The van der Waals surface area contributed by atoms with E-state index in [4.69, 9.17) is 9.73 Å². The normalized spacial score (nSPS) is 17.2. The van der Waals surface area contributed by atoms with E-state index >= 15 is 0 Å². The minimum Gasteiger partial charge on any atom is -0.508 e. The van der Waals surface area contributed by atoms with E-state index in [1.54, 1.807) is 12.1 Å². The molecule has 1 aromatic carbocycles. The molecular formula is C20H32IN3O3. The Morgan fingerprint density at radius 3 is 2.74 bits per heavy atom. The first kappa shape index (κ1) is 23.5. The zero-order valence-electron chi connectivity index (χ0n) is 16.3. The Morgan fingerprint density at radius 2 is 2.07 bits per heavy atom. The van der Waals surface area contributed by atoms with Crippen molar-refractivity contribution in [2.45, 2.75) is 39.5 Å². The van der Waals surface area contributed by atoms with E-state index in [9.17, 15) is 9.90 Å². The standard InChI is InChI=1S/C20H31N3O3.HI/c1-3-21-20(22-13-5-7-16-9-11-18(24)12-10-16)23-14-6-8-17(15-23)19(25)26-4-2;/h9-12,17,24H,3-8,13-15H2,1-2H3,(H,21,22);1H. The number of guanidine groups is 1. The van der Waals surface area contributed by atoms with Crippen LogP contribution in [0.2, 0.25) is 0 Å². The molecule has 0 bridgehead atoms. The van der Waals surface area contributed by atoms with Crippen LogP contribution in [0.5, 0.6) is 5.75 Å². The number of ether oxygens (including phenoxy) is 1. The number of esters is 1. The number of aryl methyl sites for hydroxylation is 1. The van der Waals surface area contributed by atoms with E-state index in [1.807, 2.05) is 19.1 Å². The summed E-state index contributed by atoms with van der Waals surface area (Å²) in [6, 6.07) is 7.31. The van der Waals surface area contributed by atoms with Gasteiger partial charge in [0.25, 0.3) is 0 Å². The zero-order valence-corrected chi connectivity index (χ0v) is 18.6. The number of hydrogen-bond donors (Lipinski definition) is 2. The minimum absolute atomic E-state index is 0. The number of phenols is 1. The topological polar surface area (TPSA) is 74.2 Å². The van der Waals surface area contributed by atoms with Crippen molar-refractivity contribution in [3.63, 3.8) is 0 Å². The Labute approximate surface area is 179 Å². The summed E-state index contributed by atoms with van der Waals surface area (Å²) in [6.07, 6.45) is 3.72. The molecule has 7 heteroatoms. The van der Waals surface area contributed by atoms with Gasteiger partial charge < -0.3 is 20.1 Å². The average molecular weight is 489 g/mol. The number of phenolic OH excluding ortho intramolecular Hbond substituents is 1. The van der Waals surface area contributed by atoms with E-state index in [-0.39, 0.29) is 35.9 Å². The molecule has 0 amide bonds. The number of carbonyl (C=O) groups is 1. The first-order chi connectivity index (χ1) is 12.6. The molecule has 1 aromatic rings. The number of aliphatic imine (C=N–C) groups is 1. The maximum absolute atomic E-state index is 12.0. The van der Waals surface area contributed by atoms with Crippen LogP contribution in [-0.4, -0.2) is 54.7 Å². The molecule has 2 N–H and O–H groups in total. The molecule has 1 heterocycles. The Morgan fingerprint density at radius 1 is 1.33 bits per heavy atom. The van der Waals surface area contributed by atoms with Crippen LogP contribution in [0.25, 0.3) is 0 Å². The molecule has 1 aliphatic heterocycles. The molecule has 0 aliphatic carbocycles. The predicted octanol–water partition coefficient (Wildman–Crippen LogP) is 3.18. The van der Waals surface area contributed by atoms with Gasteiger partial charge in [0.05, 0.1) is 12.5 Å². The third-order valence-corrected chi connectivity index (χ3v) is 4.50. The van der Waals surface area contributed by atoms with Crippen molar-refractivity contribution in [3.05, 3.63) is 29.8 Å². The van der Waals surface area contributed by atoms with Crippen molar-refractivity contribution in [2.24, 2.45) is 10.9 Å². The highest BCUT2D eigenvalue weighted by Gasteiger charge is 2.28. The van der Waals surface area contributed by atoms with Crippen LogP contribution in [0.15, 0.2) is 29.3 Å². The van der Waals surface area contributed by atoms with Gasteiger partial charge in [0.15, 0.2) is 5.96 Å². The number of benzene rings is 1. The molecule has 1 aliphatic rings. The van der Waals surface area contributed by atoms with Crippen molar-refractivity contribution < 1.29 is 14.6 Å². The summed E-state index contributed by atoms with van der Waals surface area (Å²) < 4.78 is 5.18. The number of nitrogens with one attached hydrogen (secondary N) is 1. The summed E-state index contributed by atoms with van der Waals surface area (Å²) in [7, 11) is 0. The Balaban J connectivity index is 0.00000364. The zero-order chi connectivity index (χ0) is 18.8. The van der Waals surface area contributed by atoms with Crippen LogP contribution in [0.3, 0.4) is 0 Å². The van der Waals surface area contributed by atoms with Gasteiger partial charge in [-0.05, 0) is 57.2 Å². The van der Waals surface area contributed by atoms with Crippen molar-refractivity contribution in [1.29, 1.82) is 0 Å². The molecule has 0 radical (unpaired) electrons. The van der Waals surface area contributed by atoms with E-state index in [0.29, 0.717) is 18.9 Å². The number of nitrogens with zero attached hydrogens (tertiary/aromatic N) is 2. The van der Waals surface area contributed by atoms with Gasteiger partial charge in [-0.3, -0.25) is 9.79 Å². The number of carbonyl (C=O) groups excluding carboxylic acids is 1. The van der Waals surface area contributed by atoms with E-state index in [0.717, 1.165) is 51.3 Å². The largest absolute Gasteiger partial charge is 0.508 e. The quantitative estimate of drug-likeness (QED) is 0.202. The number of hydrogen-bond acceptors (Lipinski definition) is 4. The molecule has 1 unspecified atom stereocenters. The number of likely N-dealkylation sites (tertiary alicyclic amines) is 1. The van der Waals surface area contributed by atoms with Crippen molar-refractivity contribution >= 4 is 35.9 Å². The fourth-order valence-corrected chi connectivity index (χ4v) is 3.18. The molecule has 0 aromatic heterocycles. The van der Waals surface area contributed by atoms with Crippen LogP contribution in [-0.2, 0) is 16.0 Å². The summed E-state index contributed by atoms with van der Waals surface area (Å²) in [6.45, 7) is 7.45. The van der Waals surface area contributed by atoms with E-state index in [2.05, 4.69) is 17.1 Å². The van der Waals surface area contributed by atoms with Gasteiger partial charge in [0.1, 0.15) is 5.75 Å². The van der Waals surface area contributed by atoms with E-state index in [1.165, 1.54) is 5.56 Å². The average Bonchev–Trinajstić information content (AvgIpc) is 2.66. The van der Waals surface area contributed by atoms with Gasteiger partial charge in [-0.1, -0.05) is 12.1 Å². The maximum Gasteiger partial charge on any atom is 0.310 e. The lowest BCUT2D eigenvalue weighted by molar-refractivity contribution is -0.149. The van der Waals surface area contributed by atoms with E-state index < -0.39 is 0 Å². The molecule has 0 saturated carbocycles. The molecule has 152 valence electrons. The van der Waals surface area contributed by atoms with Crippen LogP contribution < -0.4 is 5.32 Å². The number of halogens is 1. The number of rotatable bonds is 7. The lowest BCUT2D eigenvalue weighted by Gasteiger charge is -2.34. The second kappa shape index (κ2) is 12.8. The molecule has 1 saturated heterocycles. The molecule has 1 atom stereocenters. The van der Waals surface area contributed by atoms with Crippen LogP contribution >= 0.6 is 24.0 Å². The van der Waals surface area contributed by atoms with Gasteiger partial charge in [-0.15, -0.1) is 24.0 Å². The lowest BCUT2D eigenvalue weighted by Crippen LogP contribution is -2.48. The minimum atomic E-state index is -0.0969. The number of piperidine rings is 1. The highest BCUT2D eigenvalue weighted by molar-refractivity contribution is 14.0. The molecule has 2 rings (SSSR count). The fraction of sp³-hybridized carbons (Fsp3) is 0.600. The summed E-state index contributed by atoms with van der Waals surface area (Å²) in [5, 5.41) is 12.7. The van der Waals surface area contributed by atoms with Gasteiger partial charge in [0, 0.05) is 26.2 Å². The van der Waals surface area contributed by atoms with Gasteiger partial charge in [-0.2, -0.15) is 0 Å². The van der Waals surface area contributed by atoms with Crippen LogP contribution in [0.4, 0.5) is 0 Å². The second-order valence-electron chi connectivity index (χ2n) is 6.54. The summed E-state index contributed by atoms with van der Waals surface area (Å²) >= 11 is 0. The highest BCUT2D eigenvalue weighted by atomic mass is 127. The molecule has 27 heavy (non-hydrogen) atoms. The molecule has 1 fully saturated rings. The van der Waals surface area contributed by atoms with Crippen molar-refractivity contribution in [1.82, 2.24) is 10.2 Å². The second-order valence-corrected chi connectivity index (χ2v) is 6.54. The van der Waals surface area contributed by atoms with Gasteiger partial charge >= 0.3 is 5.97 Å². The predicted molar refractivity (Wildman–Crippen MR) is 119 cm³/mol. The maximum atomic E-state index is 12.0. The Bertz CT molecular complexity index is 593. The number of aromatic hydroxyl groups is 1. The third kappa shape index (κ3) is 7.94. The van der Waals surface area contributed by atoms with Gasteiger partial charge in [0.2, 0.25) is 0 Å². The smallest absolute Gasteiger partial charge is 0.310 e. The Hall–Kier alpha value is -1.51. The molecule has 0 spiro atoms. The summed E-state index contributed by atoms with van der Waals surface area (Å²) in [5.74, 6) is 1.01. The van der Waals surface area contributed by atoms with Crippen molar-refractivity contribution in [3.8, 4) is 5.75 Å². The van der Waals surface area contributed by atoms with Gasteiger partial charge in [-0.25, -0.2) is 0 Å². The Kier molecular flexibility index (Phi) is 11.2. The van der Waals surface area contributed by atoms with Crippen molar-refractivity contribution in [2.75, 3.05) is 32.8 Å². The third-order valence-electron chi connectivity index (χ3n) is 4.50. The fourth-order valence-electron chi connectivity index (χ4n) is 3.18. The molecular weight excluding hydrogens is 457 g/mol. The highest BCUT2D eigenvalue weighted by Crippen LogP contribution is 2.18. The first-order valence-corrected chi connectivity index (χ1v) is 9.61. The SMILES string of the molecule is CCNC(=NCCCc1ccc(O)cc1)N1CCCC(C(=O)OCC)C1.I. The van der Waals surface area contributed by atoms with Crippen LogP contribution in [0, 0.1) is 5.92 Å². The summed E-state index contributed by atoms with van der Waals surface area (Å²) in [5.41, 5.74) is 1.20. The lowest BCUT2D eigenvalue weighted by atomic mass is 9.98. The first-order valence-electron chi connectivity index (χ1n) is 9.61. The summed E-state index contributed by atoms with van der Waals surface area (Å²) in [4.78, 5) is 19.0. The molecule has 6 nitrogen and oxygen atoms in total. The monoisotopic (exact) mass is 489 g/mol.